The number of hydrogen-bond acceptors (Lipinski definition) is 5. The molecule has 0 amide bonds. The van der Waals surface area contributed by atoms with Crippen LogP contribution >= 0.6 is 0 Å². The molecule has 0 spiro atoms. The van der Waals surface area contributed by atoms with Gasteiger partial charge in [0.25, 0.3) is 0 Å². The predicted octanol–water partition coefficient (Wildman–Crippen LogP) is 3.82. The lowest BCUT2D eigenvalue weighted by Crippen LogP contribution is -2.23. The van der Waals surface area contributed by atoms with Crippen molar-refractivity contribution in [3.05, 3.63) is 54.6 Å². The number of rotatable bonds is 9. The first kappa shape index (κ1) is 19.7. The maximum Gasteiger partial charge on any atom is 0.306 e. The van der Waals surface area contributed by atoms with E-state index >= 15 is 0 Å². The zero-order chi connectivity index (χ0) is 18.8. The number of hydrogen-bond donors (Lipinski definition) is 0. The van der Waals surface area contributed by atoms with Crippen molar-refractivity contribution in [1.82, 2.24) is 9.55 Å². The predicted molar refractivity (Wildman–Crippen MR) is 101 cm³/mol. The molecule has 0 saturated carbocycles. The molecule has 26 heavy (non-hydrogen) atoms. The van der Waals surface area contributed by atoms with E-state index in [0.29, 0.717) is 26.0 Å². The minimum absolute atomic E-state index is 0.175. The second-order valence-corrected chi connectivity index (χ2v) is 7.02. The molecule has 0 aliphatic carbocycles. The van der Waals surface area contributed by atoms with Gasteiger partial charge in [-0.25, -0.2) is 4.98 Å². The summed E-state index contributed by atoms with van der Waals surface area (Å²) in [5.41, 5.74) is 1.40. The van der Waals surface area contributed by atoms with Crippen molar-refractivity contribution in [3.8, 4) is 0 Å². The number of nitrogens with zero attached hydrogens (tertiary/aromatic N) is 3. The van der Waals surface area contributed by atoms with Gasteiger partial charge in [0.2, 0.25) is 0 Å². The summed E-state index contributed by atoms with van der Waals surface area (Å²) in [7, 11) is 0. The first-order valence-electron chi connectivity index (χ1n) is 8.86. The van der Waals surface area contributed by atoms with Crippen LogP contribution in [0.4, 0.5) is 0 Å². The lowest BCUT2D eigenvalue weighted by Gasteiger charge is -2.19. The van der Waals surface area contributed by atoms with Gasteiger partial charge in [0.15, 0.2) is 0 Å². The normalized spacial score (nSPS) is 12.0. The number of aromatic nitrogens is 2. The minimum Gasteiger partial charge on any atom is -0.460 e. The van der Waals surface area contributed by atoms with Crippen LogP contribution in [0.2, 0.25) is 0 Å². The SMILES string of the molecule is CC(C)(C)OC(=O)CCCCO/N=C(\Cn1ccnc1)c1ccccc1. The van der Waals surface area contributed by atoms with E-state index in [1.807, 2.05) is 61.9 Å². The van der Waals surface area contributed by atoms with Crippen LogP contribution in [0.5, 0.6) is 0 Å². The maximum atomic E-state index is 11.7. The molecule has 2 rings (SSSR count). The molecule has 0 fully saturated rings. The van der Waals surface area contributed by atoms with Crippen molar-refractivity contribution in [2.24, 2.45) is 5.16 Å². The highest BCUT2D eigenvalue weighted by Gasteiger charge is 2.15. The second kappa shape index (κ2) is 9.75. The first-order valence-corrected chi connectivity index (χ1v) is 8.86. The molecule has 1 heterocycles. The number of unbranched alkanes of at least 4 members (excludes halogenated alkanes) is 1. The summed E-state index contributed by atoms with van der Waals surface area (Å²) >= 11 is 0. The zero-order valence-electron chi connectivity index (χ0n) is 15.7. The van der Waals surface area contributed by atoms with E-state index in [4.69, 9.17) is 9.57 Å². The van der Waals surface area contributed by atoms with Gasteiger partial charge in [-0.2, -0.15) is 0 Å². The molecule has 0 aliphatic heterocycles. The third kappa shape index (κ3) is 7.51. The molecule has 0 bridgehead atoms. The van der Waals surface area contributed by atoms with E-state index in [1.165, 1.54) is 0 Å². The van der Waals surface area contributed by atoms with Gasteiger partial charge in [0.05, 0.1) is 12.9 Å². The van der Waals surface area contributed by atoms with Gasteiger partial charge in [0.1, 0.15) is 17.9 Å². The fourth-order valence-electron chi connectivity index (χ4n) is 2.31. The molecule has 0 unspecified atom stereocenters. The van der Waals surface area contributed by atoms with Crippen LogP contribution in [0, 0.1) is 0 Å². The maximum absolute atomic E-state index is 11.7. The summed E-state index contributed by atoms with van der Waals surface area (Å²) in [6.45, 7) is 6.65. The van der Waals surface area contributed by atoms with Crippen LogP contribution < -0.4 is 0 Å². The monoisotopic (exact) mass is 357 g/mol. The Morgan fingerprint density at radius 2 is 1.96 bits per heavy atom. The molecule has 0 atom stereocenters. The van der Waals surface area contributed by atoms with Crippen molar-refractivity contribution in [1.29, 1.82) is 0 Å². The third-order valence-electron chi connectivity index (χ3n) is 3.46. The summed E-state index contributed by atoms with van der Waals surface area (Å²) < 4.78 is 7.23. The van der Waals surface area contributed by atoms with E-state index in [-0.39, 0.29) is 5.97 Å². The number of esters is 1. The number of carbonyl (C=O) groups excluding carboxylic acids is 1. The number of benzene rings is 1. The molecular formula is C20H27N3O3. The lowest BCUT2D eigenvalue weighted by molar-refractivity contribution is -0.154. The molecule has 0 radical (unpaired) electrons. The Balaban J connectivity index is 1.80. The van der Waals surface area contributed by atoms with Crippen molar-refractivity contribution in [2.75, 3.05) is 6.61 Å². The Kier molecular flexibility index (Phi) is 7.38. The van der Waals surface area contributed by atoms with E-state index in [9.17, 15) is 4.79 Å². The molecule has 1 aromatic heterocycles. The lowest BCUT2D eigenvalue weighted by atomic mass is 10.1. The van der Waals surface area contributed by atoms with Gasteiger partial charge >= 0.3 is 5.97 Å². The van der Waals surface area contributed by atoms with Gasteiger partial charge < -0.3 is 14.1 Å². The topological polar surface area (TPSA) is 65.7 Å². The average Bonchev–Trinajstić information content (AvgIpc) is 3.09. The Morgan fingerprint density at radius 1 is 1.19 bits per heavy atom. The third-order valence-corrected chi connectivity index (χ3v) is 3.46. The van der Waals surface area contributed by atoms with E-state index < -0.39 is 5.60 Å². The molecule has 0 saturated heterocycles. The van der Waals surface area contributed by atoms with E-state index in [0.717, 1.165) is 17.7 Å². The summed E-state index contributed by atoms with van der Waals surface area (Å²) in [6, 6.07) is 9.91. The zero-order valence-corrected chi connectivity index (χ0v) is 15.7. The Labute approximate surface area is 154 Å². The first-order chi connectivity index (χ1) is 12.4. The van der Waals surface area contributed by atoms with Gasteiger partial charge in [-0.15, -0.1) is 0 Å². The standard InChI is InChI=1S/C20H27N3O3/c1-20(2,3)26-19(24)11-7-8-14-25-22-18(15-23-13-12-21-16-23)17-9-5-4-6-10-17/h4-6,9-10,12-13,16H,7-8,11,14-15H2,1-3H3/b22-18+. The minimum atomic E-state index is -0.435. The van der Waals surface area contributed by atoms with Crippen molar-refractivity contribution in [3.63, 3.8) is 0 Å². The van der Waals surface area contributed by atoms with Crippen LogP contribution in [0.3, 0.4) is 0 Å². The summed E-state index contributed by atoms with van der Waals surface area (Å²) in [4.78, 5) is 21.2. The number of carbonyl (C=O) groups is 1. The molecule has 0 aliphatic rings. The highest BCUT2D eigenvalue weighted by atomic mass is 16.6. The molecule has 2 aromatic rings. The Bertz CT molecular complexity index is 689. The number of ether oxygens (including phenoxy) is 1. The summed E-state index contributed by atoms with van der Waals surface area (Å²) in [6.07, 6.45) is 7.23. The van der Waals surface area contributed by atoms with Crippen LogP contribution in [0.15, 0.2) is 54.2 Å². The van der Waals surface area contributed by atoms with E-state index in [2.05, 4.69) is 10.1 Å². The van der Waals surface area contributed by atoms with Crippen molar-refractivity contribution < 1.29 is 14.4 Å². The largest absolute Gasteiger partial charge is 0.460 e. The molecule has 1 aromatic carbocycles. The van der Waals surface area contributed by atoms with Crippen molar-refractivity contribution in [2.45, 2.75) is 52.2 Å². The molecular weight excluding hydrogens is 330 g/mol. The summed E-state index contributed by atoms with van der Waals surface area (Å²) in [5, 5.41) is 4.30. The van der Waals surface area contributed by atoms with Gasteiger partial charge in [-0.1, -0.05) is 35.5 Å². The van der Waals surface area contributed by atoms with Crippen LogP contribution in [0.25, 0.3) is 0 Å². The molecule has 140 valence electrons. The summed E-state index contributed by atoms with van der Waals surface area (Å²) in [5.74, 6) is -0.175. The molecule has 6 heteroatoms. The van der Waals surface area contributed by atoms with Gasteiger partial charge in [-0.3, -0.25) is 4.79 Å². The van der Waals surface area contributed by atoms with E-state index in [1.54, 1.807) is 12.5 Å². The smallest absolute Gasteiger partial charge is 0.306 e. The highest BCUT2D eigenvalue weighted by Crippen LogP contribution is 2.10. The number of imidazole rings is 1. The fourth-order valence-corrected chi connectivity index (χ4v) is 2.31. The average molecular weight is 357 g/mol. The van der Waals surface area contributed by atoms with Crippen molar-refractivity contribution >= 4 is 11.7 Å². The Hall–Kier alpha value is -2.63. The van der Waals surface area contributed by atoms with Crippen LogP contribution in [-0.2, 0) is 20.9 Å². The Morgan fingerprint density at radius 3 is 2.62 bits per heavy atom. The number of oxime groups is 1. The van der Waals surface area contributed by atoms with Gasteiger partial charge in [0, 0.05) is 24.4 Å². The highest BCUT2D eigenvalue weighted by molar-refractivity contribution is 6.00. The van der Waals surface area contributed by atoms with Crippen LogP contribution in [0.1, 0.15) is 45.6 Å². The molecule has 6 nitrogen and oxygen atoms in total. The van der Waals surface area contributed by atoms with Crippen LogP contribution in [-0.4, -0.2) is 33.4 Å². The van der Waals surface area contributed by atoms with Gasteiger partial charge in [-0.05, 0) is 33.6 Å². The fraction of sp³-hybridized carbons (Fsp3) is 0.450. The molecule has 0 N–H and O–H groups in total. The second-order valence-electron chi connectivity index (χ2n) is 7.02. The quantitative estimate of drug-likeness (QED) is 0.296.